The van der Waals surface area contributed by atoms with Crippen LogP contribution in [0.15, 0.2) is 36.9 Å². The van der Waals surface area contributed by atoms with Crippen molar-refractivity contribution in [3.63, 3.8) is 0 Å². The minimum Gasteiger partial charge on any atom is -0.369 e. The predicted molar refractivity (Wildman–Crippen MR) is 82.3 cm³/mol. The van der Waals surface area contributed by atoms with Crippen LogP contribution in [0.1, 0.15) is 25.8 Å². The molecule has 5 heteroatoms. The summed E-state index contributed by atoms with van der Waals surface area (Å²) in [5.41, 5.74) is 0.420. The lowest BCUT2D eigenvalue weighted by atomic mass is 9.95. The molecule has 0 saturated carbocycles. The summed E-state index contributed by atoms with van der Waals surface area (Å²) in [7, 11) is 0. The quantitative estimate of drug-likeness (QED) is 0.783. The molecule has 108 valence electrons. The Hall–Kier alpha value is -1.03. The van der Waals surface area contributed by atoms with Gasteiger partial charge in [-0.25, -0.2) is 4.98 Å². The van der Waals surface area contributed by atoms with E-state index >= 15 is 0 Å². The molecule has 1 aromatic heterocycles. The summed E-state index contributed by atoms with van der Waals surface area (Å²) in [6.45, 7) is 5.44. The third-order valence-corrected chi connectivity index (χ3v) is 3.72. The van der Waals surface area contributed by atoms with E-state index in [1.165, 1.54) is 0 Å². The van der Waals surface area contributed by atoms with E-state index in [-0.39, 0.29) is 0 Å². The Bertz CT molecular complexity index is 557. The standard InChI is InChI=1S/C15H18Cl2N2O/c1-3-8-20-15(2,10-19-7-6-18-11-19)13-5-4-12(16)9-14(13)17/h4-7,9,11H,3,8,10H2,1-2H3. The summed E-state index contributed by atoms with van der Waals surface area (Å²) in [6, 6.07) is 5.52. The zero-order valence-electron chi connectivity index (χ0n) is 11.6. The second-order valence-electron chi connectivity index (χ2n) is 4.94. The highest BCUT2D eigenvalue weighted by atomic mass is 35.5. The van der Waals surface area contributed by atoms with Crippen molar-refractivity contribution in [1.82, 2.24) is 9.55 Å². The Morgan fingerprint density at radius 2 is 2.15 bits per heavy atom. The number of aromatic nitrogens is 2. The first-order valence-corrected chi connectivity index (χ1v) is 7.36. The van der Waals surface area contributed by atoms with Gasteiger partial charge in [-0.2, -0.15) is 0 Å². The second kappa shape index (κ2) is 6.61. The fourth-order valence-electron chi connectivity index (χ4n) is 2.18. The first kappa shape index (κ1) is 15.4. The molecule has 0 saturated heterocycles. The SMILES string of the molecule is CCCOC(C)(Cn1ccnc1)c1ccc(Cl)cc1Cl. The van der Waals surface area contributed by atoms with Crippen molar-refractivity contribution in [1.29, 1.82) is 0 Å². The van der Waals surface area contributed by atoms with Gasteiger partial charge in [0, 0.05) is 34.6 Å². The van der Waals surface area contributed by atoms with Crippen LogP contribution < -0.4 is 0 Å². The van der Waals surface area contributed by atoms with E-state index in [2.05, 4.69) is 11.9 Å². The van der Waals surface area contributed by atoms with E-state index in [4.69, 9.17) is 27.9 Å². The van der Waals surface area contributed by atoms with Gasteiger partial charge in [0.05, 0.1) is 12.9 Å². The topological polar surface area (TPSA) is 27.1 Å². The number of imidazole rings is 1. The average molecular weight is 313 g/mol. The maximum Gasteiger partial charge on any atom is 0.110 e. The van der Waals surface area contributed by atoms with Crippen LogP contribution in [0.5, 0.6) is 0 Å². The second-order valence-corrected chi connectivity index (χ2v) is 5.78. The van der Waals surface area contributed by atoms with Crippen LogP contribution in [0.25, 0.3) is 0 Å². The van der Waals surface area contributed by atoms with Crippen molar-refractivity contribution in [2.24, 2.45) is 0 Å². The van der Waals surface area contributed by atoms with E-state index in [1.807, 2.05) is 29.8 Å². The molecule has 3 nitrogen and oxygen atoms in total. The van der Waals surface area contributed by atoms with Gasteiger partial charge in [0.25, 0.3) is 0 Å². The molecule has 0 aliphatic rings. The predicted octanol–water partition coefficient (Wildman–Crippen LogP) is 4.53. The Labute approximate surface area is 129 Å². The molecule has 0 fully saturated rings. The number of benzene rings is 1. The van der Waals surface area contributed by atoms with E-state index in [0.717, 1.165) is 12.0 Å². The Balaban J connectivity index is 2.34. The molecule has 0 N–H and O–H groups in total. The lowest BCUT2D eigenvalue weighted by molar-refractivity contribution is -0.0485. The first-order chi connectivity index (χ1) is 9.55. The first-order valence-electron chi connectivity index (χ1n) is 6.60. The molecule has 0 amide bonds. The molecule has 0 aliphatic carbocycles. The van der Waals surface area contributed by atoms with Crippen LogP contribution in [0, 0.1) is 0 Å². The lowest BCUT2D eigenvalue weighted by Gasteiger charge is -2.31. The molecule has 20 heavy (non-hydrogen) atoms. The van der Waals surface area contributed by atoms with Crippen molar-refractivity contribution in [3.8, 4) is 0 Å². The van der Waals surface area contributed by atoms with Crippen molar-refractivity contribution >= 4 is 23.2 Å². The summed E-state index contributed by atoms with van der Waals surface area (Å²) in [4.78, 5) is 4.07. The van der Waals surface area contributed by atoms with Gasteiger partial charge in [0.2, 0.25) is 0 Å². The Kier molecular flexibility index (Phi) is 5.08. The summed E-state index contributed by atoms with van der Waals surface area (Å²) in [6.07, 6.45) is 6.39. The van der Waals surface area contributed by atoms with Gasteiger partial charge in [-0.1, -0.05) is 36.2 Å². The van der Waals surface area contributed by atoms with Crippen LogP contribution >= 0.6 is 23.2 Å². The molecule has 0 radical (unpaired) electrons. The van der Waals surface area contributed by atoms with Crippen molar-refractivity contribution < 1.29 is 4.74 Å². The number of hydrogen-bond acceptors (Lipinski definition) is 2. The maximum absolute atomic E-state index is 6.34. The van der Waals surface area contributed by atoms with Crippen LogP contribution in [-0.2, 0) is 16.9 Å². The van der Waals surface area contributed by atoms with Gasteiger partial charge in [0.15, 0.2) is 0 Å². The van der Waals surface area contributed by atoms with Crippen LogP contribution in [0.4, 0.5) is 0 Å². The van der Waals surface area contributed by atoms with Gasteiger partial charge in [0.1, 0.15) is 5.60 Å². The summed E-state index contributed by atoms with van der Waals surface area (Å²) >= 11 is 12.3. The molecular formula is C15H18Cl2N2O. The highest BCUT2D eigenvalue weighted by molar-refractivity contribution is 6.35. The van der Waals surface area contributed by atoms with Crippen LogP contribution in [0.3, 0.4) is 0 Å². The number of hydrogen-bond donors (Lipinski definition) is 0. The molecule has 1 atom stereocenters. The summed E-state index contributed by atoms with van der Waals surface area (Å²) in [5, 5.41) is 1.25. The van der Waals surface area contributed by atoms with Crippen molar-refractivity contribution in [3.05, 3.63) is 52.5 Å². The van der Waals surface area contributed by atoms with E-state index in [0.29, 0.717) is 23.2 Å². The Morgan fingerprint density at radius 1 is 1.35 bits per heavy atom. The molecule has 1 heterocycles. The van der Waals surface area contributed by atoms with Gasteiger partial charge < -0.3 is 9.30 Å². The zero-order valence-corrected chi connectivity index (χ0v) is 13.2. The zero-order chi connectivity index (χ0) is 14.6. The molecule has 2 rings (SSSR count). The lowest BCUT2D eigenvalue weighted by Crippen LogP contribution is -2.32. The van der Waals surface area contributed by atoms with Crippen LogP contribution in [-0.4, -0.2) is 16.2 Å². The van der Waals surface area contributed by atoms with Gasteiger partial charge in [-0.3, -0.25) is 0 Å². The maximum atomic E-state index is 6.34. The molecule has 2 aromatic rings. The van der Waals surface area contributed by atoms with E-state index < -0.39 is 5.60 Å². The largest absolute Gasteiger partial charge is 0.369 e. The average Bonchev–Trinajstić information content (AvgIpc) is 2.88. The monoisotopic (exact) mass is 312 g/mol. The highest BCUT2D eigenvalue weighted by Gasteiger charge is 2.30. The number of nitrogens with zero attached hydrogens (tertiary/aromatic N) is 2. The smallest absolute Gasteiger partial charge is 0.110 e. The van der Waals surface area contributed by atoms with E-state index in [9.17, 15) is 0 Å². The minimum atomic E-state index is -0.515. The molecule has 1 aromatic carbocycles. The Morgan fingerprint density at radius 3 is 2.75 bits per heavy atom. The molecular weight excluding hydrogens is 295 g/mol. The van der Waals surface area contributed by atoms with Crippen molar-refractivity contribution in [2.75, 3.05) is 6.61 Å². The molecule has 0 aliphatic heterocycles. The summed E-state index contributed by atoms with van der Waals surface area (Å²) in [5.74, 6) is 0. The fourth-order valence-corrected chi connectivity index (χ4v) is 2.79. The van der Waals surface area contributed by atoms with Crippen molar-refractivity contribution in [2.45, 2.75) is 32.4 Å². The number of halogens is 2. The third-order valence-electron chi connectivity index (χ3n) is 3.17. The molecule has 1 unspecified atom stereocenters. The fraction of sp³-hybridized carbons (Fsp3) is 0.400. The third kappa shape index (κ3) is 3.54. The highest BCUT2D eigenvalue weighted by Crippen LogP contribution is 2.34. The molecule has 0 spiro atoms. The van der Waals surface area contributed by atoms with Gasteiger partial charge in [-0.15, -0.1) is 0 Å². The van der Waals surface area contributed by atoms with Gasteiger partial charge in [-0.05, 0) is 25.5 Å². The summed E-state index contributed by atoms with van der Waals surface area (Å²) < 4.78 is 8.07. The number of ether oxygens (including phenoxy) is 1. The van der Waals surface area contributed by atoms with Crippen LogP contribution in [0.2, 0.25) is 10.0 Å². The van der Waals surface area contributed by atoms with Gasteiger partial charge >= 0.3 is 0 Å². The number of rotatable bonds is 6. The molecule has 0 bridgehead atoms. The normalized spacial score (nSPS) is 14.2. The van der Waals surface area contributed by atoms with E-state index in [1.54, 1.807) is 18.6 Å². The minimum absolute atomic E-state index is 0.515.